The van der Waals surface area contributed by atoms with Crippen LogP contribution in [0, 0.1) is 5.82 Å². The van der Waals surface area contributed by atoms with Gasteiger partial charge in [0.15, 0.2) is 5.82 Å². The van der Waals surface area contributed by atoms with Crippen molar-refractivity contribution in [2.75, 3.05) is 5.32 Å². The van der Waals surface area contributed by atoms with Crippen LogP contribution in [0.25, 0.3) is 5.70 Å². The molecule has 2 N–H and O–H groups in total. The van der Waals surface area contributed by atoms with Gasteiger partial charge in [0.2, 0.25) is 0 Å². The Morgan fingerprint density at radius 3 is 2.74 bits per heavy atom. The molecule has 0 spiro atoms. The minimum absolute atomic E-state index is 0.192. The summed E-state index contributed by atoms with van der Waals surface area (Å²) in [7, 11) is 0. The molecule has 0 radical (unpaired) electrons. The zero-order valence-electron chi connectivity index (χ0n) is 12.3. The maximum Gasteiger partial charge on any atom is 0.342 e. The van der Waals surface area contributed by atoms with Gasteiger partial charge in [-0.2, -0.15) is 0 Å². The third-order valence-corrected chi connectivity index (χ3v) is 3.69. The van der Waals surface area contributed by atoms with Crippen LogP contribution < -0.4 is 10.9 Å². The monoisotopic (exact) mass is 315 g/mol. The van der Waals surface area contributed by atoms with E-state index in [4.69, 9.17) is 5.11 Å². The van der Waals surface area contributed by atoms with E-state index in [1.807, 2.05) is 13.0 Å². The van der Waals surface area contributed by atoms with Crippen molar-refractivity contribution in [3.05, 3.63) is 64.1 Å². The third-order valence-electron chi connectivity index (χ3n) is 3.69. The molecule has 0 amide bonds. The van der Waals surface area contributed by atoms with E-state index in [1.54, 1.807) is 12.1 Å². The predicted octanol–water partition coefficient (Wildman–Crippen LogP) is 2.50. The number of hydrogen-bond acceptors (Lipinski definition) is 4. The second kappa shape index (κ2) is 5.68. The number of halogens is 1. The maximum absolute atomic E-state index is 13.0. The van der Waals surface area contributed by atoms with Crippen molar-refractivity contribution in [3.8, 4) is 0 Å². The van der Waals surface area contributed by atoms with Gasteiger partial charge in [-0.3, -0.25) is 9.36 Å². The average Bonchev–Trinajstić information content (AvgIpc) is 2.52. The number of fused-ring (bicyclic) bond motifs is 1. The largest absolute Gasteiger partial charge is 0.477 e. The lowest BCUT2D eigenvalue weighted by Crippen LogP contribution is -2.34. The number of aromatic carboxylic acids is 1. The van der Waals surface area contributed by atoms with Gasteiger partial charge in [-0.15, -0.1) is 0 Å². The number of allylic oxidation sites excluding steroid dienone is 1. The highest BCUT2D eigenvalue weighted by Gasteiger charge is 2.24. The molecule has 0 bridgehead atoms. The molecule has 1 aliphatic rings. The Labute approximate surface area is 130 Å². The fourth-order valence-electron chi connectivity index (χ4n) is 2.50. The van der Waals surface area contributed by atoms with Crippen LogP contribution in [-0.2, 0) is 0 Å². The minimum atomic E-state index is -1.30. The van der Waals surface area contributed by atoms with E-state index in [1.165, 1.54) is 16.7 Å². The lowest BCUT2D eigenvalue weighted by molar-refractivity contribution is 0.0693. The molecule has 2 aromatic rings. The summed E-state index contributed by atoms with van der Waals surface area (Å²) in [5, 5.41) is 12.1. The number of nitrogens with zero attached hydrogens (tertiary/aromatic N) is 2. The van der Waals surface area contributed by atoms with Gasteiger partial charge in [0.1, 0.15) is 11.4 Å². The van der Waals surface area contributed by atoms with E-state index in [9.17, 15) is 14.0 Å². The van der Waals surface area contributed by atoms with Crippen LogP contribution in [0.5, 0.6) is 0 Å². The van der Waals surface area contributed by atoms with E-state index in [2.05, 4.69) is 10.3 Å². The van der Waals surface area contributed by atoms with Crippen LogP contribution >= 0.6 is 0 Å². The molecular formula is C16H14FN3O3. The predicted molar refractivity (Wildman–Crippen MR) is 82.8 cm³/mol. The maximum atomic E-state index is 13.0. The van der Waals surface area contributed by atoms with Gasteiger partial charge in [-0.1, -0.05) is 6.08 Å². The number of benzene rings is 1. The van der Waals surface area contributed by atoms with Crippen molar-refractivity contribution < 1.29 is 14.3 Å². The quantitative estimate of drug-likeness (QED) is 0.909. The van der Waals surface area contributed by atoms with Crippen molar-refractivity contribution in [2.24, 2.45) is 0 Å². The van der Waals surface area contributed by atoms with Crippen LogP contribution in [0.1, 0.15) is 35.6 Å². The lowest BCUT2D eigenvalue weighted by Gasteiger charge is -2.25. The SMILES string of the molecule is CC1CC=C(Nc2ccc(F)cc2)c2ncc(C(=O)O)c(=O)n21. The summed E-state index contributed by atoms with van der Waals surface area (Å²) in [6.45, 7) is 1.82. The number of rotatable bonds is 3. The zero-order valence-corrected chi connectivity index (χ0v) is 12.3. The van der Waals surface area contributed by atoms with E-state index in [-0.39, 0.29) is 17.4 Å². The molecule has 7 heteroatoms. The first kappa shape index (κ1) is 15.0. The topological polar surface area (TPSA) is 84.2 Å². The van der Waals surface area contributed by atoms with E-state index >= 15 is 0 Å². The van der Waals surface area contributed by atoms with Gasteiger partial charge in [0.25, 0.3) is 5.56 Å². The van der Waals surface area contributed by atoms with Crippen molar-refractivity contribution >= 4 is 17.4 Å². The number of hydrogen-bond donors (Lipinski definition) is 2. The normalized spacial score (nSPS) is 16.4. The van der Waals surface area contributed by atoms with Crippen molar-refractivity contribution in [1.82, 2.24) is 9.55 Å². The molecule has 0 saturated heterocycles. The fraction of sp³-hybridized carbons (Fsp3) is 0.188. The van der Waals surface area contributed by atoms with Crippen molar-refractivity contribution in [2.45, 2.75) is 19.4 Å². The van der Waals surface area contributed by atoms with Gasteiger partial charge in [0, 0.05) is 17.9 Å². The number of nitrogens with one attached hydrogen (secondary N) is 1. The Kier molecular flexibility index (Phi) is 3.69. The van der Waals surface area contributed by atoms with Crippen LogP contribution in [0.2, 0.25) is 0 Å². The molecular weight excluding hydrogens is 301 g/mol. The molecule has 1 unspecified atom stereocenters. The zero-order chi connectivity index (χ0) is 16.6. The first-order chi connectivity index (χ1) is 11.0. The Balaban J connectivity index is 2.03. The third kappa shape index (κ3) is 2.73. The van der Waals surface area contributed by atoms with Crippen LogP contribution in [0.15, 0.2) is 41.3 Å². The highest BCUT2D eigenvalue weighted by molar-refractivity contribution is 5.87. The Morgan fingerprint density at radius 1 is 1.39 bits per heavy atom. The molecule has 1 aliphatic heterocycles. The molecule has 0 saturated carbocycles. The molecule has 23 heavy (non-hydrogen) atoms. The standard InChI is InChI=1S/C16H14FN3O3/c1-9-2-7-13(19-11-5-3-10(17)4-6-11)14-18-8-12(16(22)23)15(21)20(9)14/h3-9,19H,2H2,1H3,(H,22,23). The lowest BCUT2D eigenvalue weighted by atomic mass is 10.1. The molecule has 0 fully saturated rings. The molecule has 1 aromatic heterocycles. The van der Waals surface area contributed by atoms with Gasteiger partial charge < -0.3 is 10.4 Å². The number of carboxylic acids is 1. The number of carboxylic acid groups (broad SMARTS) is 1. The average molecular weight is 315 g/mol. The van der Waals surface area contributed by atoms with Crippen LogP contribution in [-0.4, -0.2) is 20.6 Å². The number of aromatic nitrogens is 2. The Morgan fingerprint density at radius 2 is 2.09 bits per heavy atom. The van der Waals surface area contributed by atoms with Gasteiger partial charge in [0.05, 0.1) is 5.70 Å². The second-order valence-electron chi connectivity index (χ2n) is 5.31. The highest BCUT2D eigenvalue weighted by Crippen LogP contribution is 2.26. The van der Waals surface area contributed by atoms with Crippen LogP contribution in [0.4, 0.5) is 10.1 Å². The number of carbonyl (C=O) groups is 1. The first-order valence-corrected chi connectivity index (χ1v) is 7.05. The van der Waals surface area contributed by atoms with Crippen molar-refractivity contribution in [3.63, 3.8) is 0 Å². The molecule has 1 aromatic carbocycles. The fourth-order valence-corrected chi connectivity index (χ4v) is 2.50. The molecule has 3 rings (SSSR count). The Bertz CT molecular complexity index is 856. The van der Waals surface area contributed by atoms with E-state index in [0.717, 1.165) is 6.20 Å². The summed E-state index contributed by atoms with van der Waals surface area (Å²) in [5.74, 6) is -1.28. The summed E-state index contributed by atoms with van der Waals surface area (Å²) in [6, 6.07) is 5.60. The smallest absolute Gasteiger partial charge is 0.342 e. The molecule has 0 aliphatic carbocycles. The molecule has 1 atom stereocenters. The Hall–Kier alpha value is -2.96. The summed E-state index contributed by atoms with van der Waals surface area (Å²) in [4.78, 5) is 27.6. The summed E-state index contributed by atoms with van der Waals surface area (Å²) in [6.07, 6.45) is 3.51. The highest BCUT2D eigenvalue weighted by atomic mass is 19.1. The summed E-state index contributed by atoms with van der Waals surface area (Å²) in [5.41, 5.74) is 0.296. The number of anilines is 1. The molecule has 118 valence electrons. The summed E-state index contributed by atoms with van der Waals surface area (Å²) < 4.78 is 14.3. The van der Waals surface area contributed by atoms with Crippen LogP contribution in [0.3, 0.4) is 0 Å². The summed E-state index contributed by atoms with van der Waals surface area (Å²) >= 11 is 0. The first-order valence-electron chi connectivity index (χ1n) is 7.05. The van der Waals surface area contributed by atoms with Gasteiger partial charge >= 0.3 is 5.97 Å². The van der Waals surface area contributed by atoms with Crippen molar-refractivity contribution in [1.29, 1.82) is 0 Å². The second-order valence-corrected chi connectivity index (χ2v) is 5.31. The molecule has 2 heterocycles. The minimum Gasteiger partial charge on any atom is -0.477 e. The van der Waals surface area contributed by atoms with E-state index < -0.39 is 11.5 Å². The molecule has 6 nitrogen and oxygen atoms in total. The van der Waals surface area contributed by atoms with Gasteiger partial charge in [-0.25, -0.2) is 14.2 Å². The van der Waals surface area contributed by atoms with E-state index in [0.29, 0.717) is 23.6 Å². The van der Waals surface area contributed by atoms with Gasteiger partial charge in [-0.05, 0) is 37.6 Å².